The monoisotopic (exact) mass is 358 g/mol. The van der Waals surface area contributed by atoms with Crippen LogP contribution in [-0.4, -0.2) is 53.8 Å². The van der Waals surface area contributed by atoms with Gasteiger partial charge in [-0.15, -0.1) is 0 Å². The molecule has 0 bridgehead atoms. The van der Waals surface area contributed by atoms with Crippen LogP contribution in [0.3, 0.4) is 0 Å². The molecule has 26 heavy (non-hydrogen) atoms. The van der Waals surface area contributed by atoms with Crippen molar-refractivity contribution in [2.24, 2.45) is 11.3 Å². The smallest absolute Gasteiger partial charge is 0.255 e. The maximum Gasteiger partial charge on any atom is 0.255 e. The van der Waals surface area contributed by atoms with Gasteiger partial charge in [0.1, 0.15) is 5.75 Å². The van der Waals surface area contributed by atoms with Crippen LogP contribution in [0.2, 0.25) is 0 Å². The number of hydrogen-bond donors (Lipinski definition) is 2. The highest BCUT2D eigenvalue weighted by atomic mass is 16.5. The zero-order valence-corrected chi connectivity index (χ0v) is 15.9. The highest BCUT2D eigenvalue weighted by Gasteiger charge is 2.58. The third-order valence-electron chi connectivity index (χ3n) is 6.27. The fourth-order valence-electron chi connectivity index (χ4n) is 5.36. The first-order valence-corrected chi connectivity index (χ1v) is 9.84. The van der Waals surface area contributed by atoms with Crippen LogP contribution in [-0.2, 0) is 0 Å². The van der Waals surface area contributed by atoms with E-state index in [9.17, 15) is 9.90 Å². The Labute approximate surface area is 155 Å². The average molecular weight is 358 g/mol. The molecule has 1 saturated heterocycles. The number of nitrogens with zero attached hydrogens (tertiary/aromatic N) is 1. The number of aliphatic hydroxyl groups excluding tert-OH is 1. The number of para-hydroxylation sites is 1. The number of rotatable bonds is 5. The van der Waals surface area contributed by atoms with Crippen molar-refractivity contribution < 1.29 is 14.6 Å². The summed E-state index contributed by atoms with van der Waals surface area (Å²) in [5, 5.41) is 13.7. The lowest BCUT2D eigenvalue weighted by molar-refractivity contribution is -0.0827. The SMILES string of the molecule is CC(C)C1N(C)CC12C[C@@H](O)[C@H](NC(=O)c1ccccc1OC1CC1)C2. The molecular weight excluding hydrogens is 328 g/mol. The average Bonchev–Trinajstić information content (AvgIpc) is 3.31. The Morgan fingerprint density at radius 3 is 2.69 bits per heavy atom. The number of carbonyl (C=O) groups is 1. The molecule has 0 radical (unpaired) electrons. The molecule has 2 saturated carbocycles. The van der Waals surface area contributed by atoms with Crippen LogP contribution in [0.4, 0.5) is 0 Å². The van der Waals surface area contributed by atoms with Gasteiger partial charge in [-0.1, -0.05) is 26.0 Å². The standard InChI is InChI=1S/C21H30N2O3/c1-13(2)19-21(12-23(19)3)10-16(17(24)11-21)22-20(25)15-6-4-5-7-18(15)26-14-8-9-14/h4-7,13-14,16-17,19,24H,8-12H2,1-3H3,(H,22,25)/t16-,17-,19?,21?/m1/s1. The minimum absolute atomic E-state index is 0.129. The summed E-state index contributed by atoms with van der Waals surface area (Å²) < 4.78 is 5.87. The van der Waals surface area contributed by atoms with Gasteiger partial charge >= 0.3 is 0 Å². The van der Waals surface area contributed by atoms with Crippen molar-refractivity contribution in [1.82, 2.24) is 10.2 Å². The third kappa shape index (κ3) is 3.12. The van der Waals surface area contributed by atoms with E-state index < -0.39 is 6.10 Å². The second-order valence-corrected chi connectivity index (χ2v) is 8.84. The Kier molecular flexibility index (Phi) is 4.48. The number of benzene rings is 1. The first-order chi connectivity index (χ1) is 12.4. The Hall–Kier alpha value is -1.59. The fourth-order valence-corrected chi connectivity index (χ4v) is 5.36. The Morgan fingerprint density at radius 1 is 1.31 bits per heavy atom. The van der Waals surface area contributed by atoms with Crippen molar-refractivity contribution in [2.45, 2.75) is 63.8 Å². The van der Waals surface area contributed by atoms with E-state index in [1.54, 1.807) is 6.07 Å². The van der Waals surface area contributed by atoms with E-state index in [1.165, 1.54) is 0 Å². The molecule has 1 heterocycles. The zero-order valence-electron chi connectivity index (χ0n) is 15.9. The molecule has 5 heteroatoms. The molecule has 1 aliphatic heterocycles. The van der Waals surface area contributed by atoms with Gasteiger partial charge in [0.05, 0.1) is 23.8 Å². The van der Waals surface area contributed by atoms with E-state index in [0.717, 1.165) is 32.2 Å². The van der Waals surface area contributed by atoms with Crippen LogP contribution in [0.1, 0.15) is 49.9 Å². The van der Waals surface area contributed by atoms with Gasteiger partial charge in [-0.25, -0.2) is 0 Å². The maximum absolute atomic E-state index is 12.9. The van der Waals surface area contributed by atoms with Crippen molar-refractivity contribution in [3.63, 3.8) is 0 Å². The van der Waals surface area contributed by atoms with Gasteiger partial charge in [-0.2, -0.15) is 0 Å². The van der Waals surface area contributed by atoms with Gasteiger partial charge in [-0.3, -0.25) is 4.79 Å². The highest BCUT2D eigenvalue weighted by Crippen LogP contribution is 2.52. The molecule has 5 nitrogen and oxygen atoms in total. The van der Waals surface area contributed by atoms with E-state index >= 15 is 0 Å². The van der Waals surface area contributed by atoms with Crippen molar-refractivity contribution in [2.75, 3.05) is 13.6 Å². The lowest BCUT2D eigenvalue weighted by Crippen LogP contribution is -2.64. The molecule has 142 valence electrons. The molecule has 2 aliphatic carbocycles. The van der Waals surface area contributed by atoms with E-state index in [4.69, 9.17) is 4.74 Å². The normalized spacial score (nSPS) is 34.1. The summed E-state index contributed by atoms with van der Waals surface area (Å²) in [6.45, 7) is 5.48. The van der Waals surface area contributed by atoms with Gasteiger partial charge in [0.15, 0.2) is 0 Å². The molecule has 3 aliphatic rings. The molecule has 2 N–H and O–H groups in total. The van der Waals surface area contributed by atoms with Crippen molar-refractivity contribution in [1.29, 1.82) is 0 Å². The van der Waals surface area contributed by atoms with Crippen LogP contribution >= 0.6 is 0 Å². The molecule has 1 amide bonds. The Balaban J connectivity index is 1.45. The minimum atomic E-state index is -0.481. The first kappa shape index (κ1) is 17.8. The number of likely N-dealkylation sites (tertiary alicyclic amines) is 1. The summed E-state index contributed by atoms with van der Waals surface area (Å²) in [7, 11) is 2.15. The van der Waals surface area contributed by atoms with Crippen LogP contribution < -0.4 is 10.1 Å². The lowest BCUT2D eigenvalue weighted by Gasteiger charge is -2.57. The molecule has 3 fully saturated rings. The molecular formula is C21H30N2O3. The predicted octanol–water partition coefficient (Wildman–Crippen LogP) is 2.44. The predicted molar refractivity (Wildman–Crippen MR) is 100 cm³/mol. The van der Waals surface area contributed by atoms with Gasteiger partial charge in [0.25, 0.3) is 5.91 Å². The molecule has 2 unspecified atom stereocenters. The van der Waals surface area contributed by atoms with Gasteiger partial charge in [0, 0.05) is 18.0 Å². The quantitative estimate of drug-likeness (QED) is 0.849. The first-order valence-electron chi connectivity index (χ1n) is 9.84. The summed E-state index contributed by atoms with van der Waals surface area (Å²) in [6, 6.07) is 7.70. The topological polar surface area (TPSA) is 61.8 Å². The number of ether oxygens (including phenoxy) is 1. The van der Waals surface area contributed by atoms with Crippen LogP contribution in [0.15, 0.2) is 24.3 Å². The molecule has 1 aromatic rings. The lowest BCUT2D eigenvalue weighted by atomic mass is 9.66. The van der Waals surface area contributed by atoms with Crippen LogP contribution in [0.25, 0.3) is 0 Å². The summed E-state index contributed by atoms with van der Waals surface area (Å²) in [5.74, 6) is 1.05. The van der Waals surface area contributed by atoms with E-state index in [1.807, 2.05) is 18.2 Å². The van der Waals surface area contributed by atoms with Crippen molar-refractivity contribution >= 4 is 5.91 Å². The number of amides is 1. The van der Waals surface area contributed by atoms with Gasteiger partial charge in [-0.05, 0) is 50.8 Å². The van der Waals surface area contributed by atoms with Crippen LogP contribution in [0, 0.1) is 11.3 Å². The fraction of sp³-hybridized carbons (Fsp3) is 0.667. The molecule has 1 aromatic carbocycles. The third-order valence-corrected chi connectivity index (χ3v) is 6.27. The number of nitrogens with one attached hydrogen (secondary N) is 1. The zero-order chi connectivity index (χ0) is 18.5. The number of hydrogen-bond acceptors (Lipinski definition) is 4. The van der Waals surface area contributed by atoms with Crippen molar-refractivity contribution in [3.8, 4) is 5.75 Å². The summed E-state index contributed by atoms with van der Waals surface area (Å²) in [6.07, 6.45) is 3.50. The second-order valence-electron chi connectivity index (χ2n) is 8.84. The van der Waals surface area contributed by atoms with Crippen LogP contribution in [0.5, 0.6) is 5.75 Å². The summed E-state index contributed by atoms with van der Waals surface area (Å²) >= 11 is 0. The molecule has 4 rings (SSSR count). The number of aliphatic hydroxyl groups is 1. The Bertz CT molecular complexity index is 683. The highest BCUT2D eigenvalue weighted by molar-refractivity contribution is 5.97. The van der Waals surface area contributed by atoms with E-state index in [2.05, 4.69) is 31.1 Å². The van der Waals surface area contributed by atoms with Gasteiger partial charge in [0.2, 0.25) is 0 Å². The summed E-state index contributed by atoms with van der Waals surface area (Å²) in [5.41, 5.74) is 0.698. The second kappa shape index (κ2) is 6.54. The number of carbonyl (C=O) groups excluding carboxylic acids is 1. The van der Waals surface area contributed by atoms with Crippen molar-refractivity contribution in [3.05, 3.63) is 29.8 Å². The Morgan fingerprint density at radius 2 is 2.04 bits per heavy atom. The molecule has 1 spiro atoms. The maximum atomic E-state index is 12.9. The summed E-state index contributed by atoms with van der Waals surface area (Å²) in [4.78, 5) is 15.2. The molecule has 0 aromatic heterocycles. The van der Waals surface area contributed by atoms with E-state index in [0.29, 0.717) is 23.3 Å². The minimum Gasteiger partial charge on any atom is -0.490 e. The van der Waals surface area contributed by atoms with Gasteiger partial charge < -0.3 is 20.1 Å². The largest absolute Gasteiger partial charge is 0.490 e. The van der Waals surface area contributed by atoms with E-state index in [-0.39, 0.29) is 23.5 Å². The molecule has 4 atom stereocenters.